The van der Waals surface area contributed by atoms with E-state index in [1.54, 1.807) is 6.92 Å². The maximum Gasteiger partial charge on any atom is 0.129 e. The molecule has 1 heteroatoms. The molecule has 2 aliphatic carbocycles. The van der Waals surface area contributed by atoms with Crippen LogP contribution in [0.15, 0.2) is 0 Å². The molecule has 2 fully saturated rings. The number of Topliss-reactive ketones (excluding diaryl/α,β-unsaturated/α-hetero) is 1. The Balaban J connectivity index is 1.82. The highest BCUT2D eigenvalue weighted by molar-refractivity contribution is 5.75. The molecular weight excluding hydrogens is 268 g/mol. The third kappa shape index (κ3) is 4.83. The van der Waals surface area contributed by atoms with Gasteiger partial charge < -0.3 is 4.79 Å². The van der Waals surface area contributed by atoms with Gasteiger partial charge in [0, 0.05) is 6.42 Å². The summed E-state index contributed by atoms with van der Waals surface area (Å²) in [5, 5.41) is 0. The first-order chi connectivity index (χ1) is 10.5. The van der Waals surface area contributed by atoms with Crippen LogP contribution in [0.25, 0.3) is 0 Å². The standard InChI is InChI=1S/C21H38O/c1-15(7-5-9-18(4)22)11-14-20-16(2)12-13-19-10-6-8-17(3)21(19)20/h15-17,19-21H,5-14H2,1-4H3/t15?,16?,17-,19?,20?,21?/m0/s1. The molecule has 6 atom stereocenters. The molecule has 0 N–H and O–H groups in total. The lowest BCUT2D eigenvalue weighted by atomic mass is 9.57. The van der Waals surface area contributed by atoms with E-state index in [1.165, 1.54) is 51.4 Å². The van der Waals surface area contributed by atoms with Gasteiger partial charge in [-0.3, -0.25) is 0 Å². The minimum Gasteiger partial charge on any atom is -0.300 e. The molecular formula is C21H38O. The van der Waals surface area contributed by atoms with E-state index >= 15 is 0 Å². The van der Waals surface area contributed by atoms with Gasteiger partial charge in [-0.25, -0.2) is 0 Å². The normalized spacial score (nSPS) is 36.6. The van der Waals surface area contributed by atoms with E-state index in [4.69, 9.17) is 0 Å². The lowest BCUT2D eigenvalue weighted by Crippen LogP contribution is -2.40. The predicted octanol–water partition coefficient (Wildman–Crippen LogP) is 6.26. The minimum atomic E-state index is 0.354. The van der Waals surface area contributed by atoms with Gasteiger partial charge in [0.15, 0.2) is 0 Å². The molecule has 0 heterocycles. The summed E-state index contributed by atoms with van der Waals surface area (Å²) in [6, 6.07) is 0. The third-order valence-corrected chi connectivity index (χ3v) is 6.87. The summed E-state index contributed by atoms with van der Waals surface area (Å²) in [6.07, 6.45) is 13.4. The third-order valence-electron chi connectivity index (χ3n) is 6.87. The van der Waals surface area contributed by atoms with Crippen molar-refractivity contribution < 1.29 is 4.79 Å². The van der Waals surface area contributed by atoms with Gasteiger partial charge in [-0.05, 0) is 61.7 Å². The number of fused-ring (bicyclic) bond motifs is 1. The molecule has 0 amide bonds. The highest BCUT2D eigenvalue weighted by Gasteiger charge is 2.41. The van der Waals surface area contributed by atoms with E-state index in [1.807, 2.05) is 0 Å². The van der Waals surface area contributed by atoms with E-state index in [0.717, 1.165) is 48.3 Å². The Morgan fingerprint density at radius 2 is 1.82 bits per heavy atom. The average molecular weight is 307 g/mol. The van der Waals surface area contributed by atoms with Gasteiger partial charge in [-0.2, -0.15) is 0 Å². The van der Waals surface area contributed by atoms with Crippen LogP contribution >= 0.6 is 0 Å². The molecule has 2 aliphatic rings. The summed E-state index contributed by atoms with van der Waals surface area (Å²) in [5.41, 5.74) is 0. The Bertz CT molecular complexity index is 348. The number of rotatable bonds is 7. The van der Waals surface area contributed by atoms with Crippen molar-refractivity contribution in [1.29, 1.82) is 0 Å². The second kappa shape index (κ2) is 8.50. The van der Waals surface area contributed by atoms with Crippen LogP contribution in [-0.2, 0) is 4.79 Å². The fraction of sp³-hybridized carbons (Fsp3) is 0.952. The summed E-state index contributed by atoms with van der Waals surface area (Å²) in [5.74, 6) is 6.08. The number of ketones is 1. The SMILES string of the molecule is CC(=O)CCCC(C)CCC1C(C)CCC2CCC[C@H](C)C21. The molecule has 0 aromatic heterocycles. The van der Waals surface area contributed by atoms with Crippen LogP contribution in [0.5, 0.6) is 0 Å². The van der Waals surface area contributed by atoms with Gasteiger partial charge in [0.2, 0.25) is 0 Å². The van der Waals surface area contributed by atoms with Gasteiger partial charge >= 0.3 is 0 Å². The lowest BCUT2D eigenvalue weighted by Gasteiger charge is -2.48. The van der Waals surface area contributed by atoms with Crippen molar-refractivity contribution in [3.05, 3.63) is 0 Å². The van der Waals surface area contributed by atoms with E-state index < -0.39 is 0 Å². The Hall–Kier alpha value is -0.330. The van der Waals surface area contributed by atoms with E-state index in [2.05, 4.69) is 20.8 Å². The molecule has 0 bridgehead atoms. The molecule has 0 aliphatic heterocycles. The summed E-state index contributed by atoms with van der Waals surface area (Å²) < 4.78 is 0. The number of hydrogen-bond donors (Lipinski definition) is 0. The number of hydrogen-bond acceptors (Lipinski definition) is 1. The molecule has 0 saturated heterocycles. The molecule has 0 aromatic carbocycles. The summed E-state index contributed by atoms with van der Waals surface area (Å²) in [4.78, 5) is 11.1. The lowest BCUT2D eigenvalue weighted by molar-refractivity contribution is -0.117. The van der Waals surface area contributed by atoms with Crippen LogP contribution in [-0.4, -0.2) is 5.78 Å². The van der Waals surface area contributed by atoms with Crippen molar-refractivity contribution in [2.24, 2.45) is 35.5 Å². The molecule has 22 heavy (non-hydrogen) atoms. The quantitative estimate of drug-likeness (QED) is 0.542. The molecule has 1 nitrogen and oxygen atoms in total. The summed E-state index contributed by atoms with van der Waals surface area (Å²) in [6.45, 7) is 9.16. The monoisotopic (exact) mass is 306 g/mol. The van der Waals surface area contributed by atoms with Crippen LogP contribution in [0, 0.1) is 35.5 Å². The molecule has 2 rings (SSSR count). The highest BCUT2D eigenvalue weighted by Crippen LogP contribution is 2.50. The molecule has 0 aromatic rings. The molecule has 128 valence electrons. The van der Waals surface area contributed by atoms with E-state index in [9.17, 15) is 4.79 Å². The van der Waals surface area contributed by atoms with E-state index in [-0.39, 0.29) is 0 Å². The van der Waals surface area contributed by atoms with Crippen LogP contribution in [0.4, 0.5) is 0 Å². The first-order valence-electron chi connectivity index (χ1n) is 9.98. The van der Waals surface area contributed by atoms with E-state index in [0.29, 0.717) is 5.78 Å². The topological polar surface area (TPSA) is 17.1 Å². The van der Waals surface area contributed by atoms with Crippen molar-refractivity contribution >= 4 is 5.78 Å². The largest absolute Gasteiger partial charge is 0.300 e. The molecule has 0 radical (unpaired) electrons. The van der Waals surface area contributed by atoms with Crippen LogP contribution in [0.2, 0.25) is 0 Å². The summed E-state index contributed by atoms with van der Waals surface area (Å²) >= 11 is 0. The fourth-order valence-electron chi connectivity index (χ4n) is 5.53. The Morgan fingerprint density at radius 1 is 1.05 bits per heavy atom. The van der Waals surface area contributed by atoms with Crippen molar-refractivity contribution in [3.63, 3.8) is 0 Å². The second-order valence-electron chi connectivity index (χ2n) is 8.74. The molecule has 0 spiro atoms. The zero-order chi connectivity index (χ0) is 16.1. The first kappa shape index (κ1) is 18.0. The highest BCUT2D eigenvalue weighted by atomic mass is 16.1. The first-order valence-corrected chi connectivity index (χ1v) is 9.98. The van der Waals surface area contributed by atoms with Gasteiger partial charge in [-0.1, -0.05) is 59.3 Å². The Morgan fingerprint density at radius 3 is 2.55 bits per heavy atom. The van der Waals surface area contributed by atoms with Gasteiger partial charge in [-0.15, -0.1) is 0 Å². The van der Waals surface area contributed by atoms with Crippen molar-refractivity contribution in [3.8, 4) is 0 Å². The zero-order valence-electron chi connectivity index (χ0n) is 15.4. The minimum absolute atomic E-state index is 0.354. The average Bonchev–Trinajstić information content (AvgIpc) is 2.46. The van der Waals surface area contributed by atoms with Gasteiger partial charge in [0.25, 0.3) is 0 Å². The predicted molar refractivity (Wildman–Crippen MR) is 94.8 cm³/mol. The smallest absolute Gasteiger partial charge is 0.129 e. The Labute approximate surface area is 138 Å². The maximum absolute atomic E-state index is 11.1. The van der Waals surface area contributed by atoms with Crippen molar-refractivity contribution in [1.82, 2.24) is 0 Å². The molecule has 2 saturated carbocycles. The van der Waals surface area contributed by atoms with Gasteiger partial charge in [0.05, 0.1) is 0 Å². The van der Waals surface area contributed by atoms with Crippen molar-refractivity contribution in [2.75, 3.05) is 0 Å². The number of carbonyl (C=O) groups excluding carboxylic acids is 1. The van der Waals surface area contributed by atoms with Crippen molar-refractivity contribution in [2.45, 2.75) is 91.9 Å². The second-order valence-corrected chi connectivity index (χ2v) is 8.74. The molecule has 5 unspecified atom stereocenters. The maximum atomic E-state index is 11.1. The zero-order valence-corrected chi connectivity index (χ0v) is 15.4. The van der Waals surface area contributed by atoms with Crippen LogP contribution < -0.4 is 0 Å². The fourth-order valence-corrected chi connectivity index (χ4v) is 5.53. The Kier molecular flexibility index (Phi) is 6.96. The summed E-state index contributed by atoms with van der Waals surface area (Å²) in [7, 11) is 0. The van der Waals surface area contributed by atoms with Crippen LogP contribution in [0.1, 0.15) is 91.9 Å². The van der Waals surface area contributed by atoms with Crippen LogP contribution in [0.3, 0.4) is 0 Å². The number of carbonyl (C=O) groups is 1. The van der Waals surface area contributed by atoms with Gasteiger partial charge in [0.1, 0.15) is 5.78 Å².